The van der Waals surface area contributed by atoms with Crippen molar-refractivity contribution in [2.45, 2.75) is 37.9 Å². The summed E-state index contributed by atoms with van der Waals surface area (Å²) < 4.78 is 109. The van der Waals surface area contributed by atoms with E-state index >= 15 is 0 Å². The van der Waals surface area contributed by atoms with Crippen molar-refractivity contribution < 1.29 is 33.6 Å². The molecule has 3 nitrogen and oxygen atoms in total. The highest BCUT2D eigenvalue weighted by molar-refractivity contribution is 5.49. The molecule has 0 bridgehead atoms. The molecule has 0 aromatic heterocycles. The topological polar surface area (TPSA) is 30.5 Å². The van der Waals surface area contributed by atoms with Gasteiger partial charge in [-0.1, -0.05) is 23.8 Å². The first-order valence-electron chi connectivity index (χ1n) is 12.2. The van der Waals surface area contributed by atoms with Crippen molar-refractivity contribution in [2.75, 3.05) is 20.6 Å². The predicted octanol–water partition coefficient (Wildman–Crippen LogP) is 4.74. The standard InChI is InChI=1S/C20H24F3NO2/c1-25-18-11-14-9-10-24-17(16(14)12-19(18)26-2)8-5-13-3-6-15(7-4-13)20(21,22)23/h3-4,6,11-12,15,17,24H,5,7-10H2,1-2H3/t15?,17-/m0/s1/i1D3,2D3,7D2. The van der Waals surface area contributed by atoms with E-state index < -0.39 is 32.5 Å². The maximum atomic E-state index is 13.1. The fourth-order valence-corrected chi connectivity index (χ4v) is 3.26. The van der Waals surface area contributed by atoms with E-state index in [2.05, 4.69) is 5.32 Å². The number of alkyl halides is 3. The smallest absolute Gasteiger partial charge is 0.395 e. The number of halogens is 3. The monoisotopic (exact) mass is 375 g/mol. The highest BCUT2D eigenvalue weighted by Gasteiger charge is 2.37. The summed E-state index contributed by atoms with van der Waals surface area (Å²) in [6.45, 7) is 0.524. The summed E-state index contributed by atoms with van der Waals surface area (Å²) in [5.74, 6) is -2.70. The molecule has 0 spiro atoms. The quantitative estimate of drug-likeness (QED) is 0.807. The molecule has 1 aromatic rings. The first-order valence-corrected chi connectivity index (χ1v) is 8.19. The maximum Gasteiger partial charge on any atom is 0.395 e. The second-order valence-electron chi connectivity index (χ2n) is 6.26. The van der Waals surface area contributed by atoms with Crippen molar-refractivity contribution in [3.05, 3.63) is 47.1 Å². The van der Waals surface area contributed by atoms with E-state index in [1.807, 2.05) is 0 Å². The Balaban J connectivity index is 1.84. The van der Waals surface area contributed by atoms with Gasteiger partial charge in [-0.2, -0.15) is 13.2 Å². The molecule has 0 radical (unpaired) electrons. The lowest BCUT2D eigenvalue weighted by Gasteiger charge is -2.28. The Labute approximate surface area is 163 Å². The summed E-state index contributed by atoms with van der Waals surface area (Å²) in [7, 11) is -5.67. The summed E-state index contributed by atoms with van der Waals surface area (Å²) in [5, 5.41) is 3.25. The van der Waals surface area contributed by atoms with E-state index in [9.17, 15) is 13.2 Å². The molecular weight excluding hydrogens is 343 g/mol. The van der Waals surface area contributed by atoms with Crippen LogP contribution in [0.15, 0.2) is 35.9 Å². The SMILES string of the molecule is [2H]C([2H])([2H])Oc1cc2c(cc1OC([2H])([2H])[2H])[C@H](CCC1=CC([2H])([2H])C(C(F)(F)F)C=C1)NCC2. The fourth-order valence-electron chi connectivity index (χ4n) is 3.26. The van der Waals surface area contributed by atoms with Crippen molar-refractivity contribution in [2.24, 2.45) is 5.92 Å². The van der Waals surface area contributed by atoms with Gasteiger partial charge in [0.25, 0.3) is 0 Å². The first-order chi connectivity index (χ1) is 15.4. The van der Waals surface area contributed by atoms with Gasteiger partial charge >= 0.3 is 6.18 Å². The van der Waals surface area contributed by atoms with Gasteiger partial charge in [-0.05, 0) is 55.4 Å². The fraction of sp³-hybridized carbons (Fsp3) is 0.500. The third kappa shape index (κ3) is 4.06. The lowest BCUT2D eigenvalue weighted by Crippen LogP contribution is -2.30. The molecule has 2 aliphatic rings. The van der Waals surface area contributed by atoms with Gasteiger partial charge in [-0.15, -0.1) is 0 Å². The summed E-state index contributed by atoms with van der Waals surface area (Å²) in [5.41, 5.74) is 1.79. The number of methoxy groups -OCH3 is 2. The Morgan fingerprint density at radius 2 is 2.04 bits per heavy atom. The van der Waals surface area contributed by atoms with Gasteiger partial charge in [0, 0.05) is 8.78 Å². The second kappa shape index (κ2) is 7.74. The molecule has 2 atom stereocenters. The Morgan fingerprint density at radius 3 is 2.73 bits per heavy atom. The van der Waals surface area contributed by atoms with E-state index in [1.165, 1.54) is 18.2 Å². The Bertz CT molecular complexity index is 970. The third-order valence-corrected chi connectivity index (χ3v) is 4.61. The highest BCUT2D eigenvalue weighted by atomic mass is 19.4. The van der Waals surface area contributed by atoms with E-state index in [1.54, 1.807) is 0 Å². The Morgan fingerprint density at radius 1 is 1.27 bits per heavy atom. The molecular formula is C20H24F3NO2. The third-order valence-electron chi connectivity index (χ3n) is 4.61. The van der Waals surface area contributed by atoms with Crippen molar-refractivity contribution >= 4 is 0 Å². The molecule has 3 rings (SSSR count). The van der Waals surface area contributed by atoms with Gasteiger partial charge in [0.1, 0.15) is 0 Å². The van der Waals surface area contributed by atoms with Crippen molar-refractivity contribution in [3.63, 3.8) is 0 Å². The van der Waals surface area contributed by atoms with E-state index in [0.717, 1.165) is 17.7 Å². The van der Waals surface area contributed by atoms with Crippen LogP contribution < -0.4 is 14.8 Å². The average molecular weight is 375 g/mol. The van der Waals surface area contributed by atoms with Crippen LogP contribution in [-0.2, 0) is 6.42 Å². The summed E-state index contributed by atoms with van der Waals surface area (Å²) in [6, 6.07) is 2.50. The van der Waals surface area contributed by atoms with Gasteiger partial charge < -0.3 is 14.8 Å². The maximum absolute atomic E-state index is 13.1. The van der Waals surface area contributed by atoms with Gasteiger partial charge in [-0.25, -0.2) is 0 Å². The highest BCUT2D eigenvalue weighted by Crippen LogP contribution is 2.38. The Hall–Kier alpha value is -1.95. The van der Waals surface area contributed by atoms with Gasteiger partial charge in [-0.3, -0.25) is 0 Å². The molecule has 6 heteroatoms. The van der Waals surface area contributed by atoms with Crippen molar-refractivity contribution in [1.82, 2.24) is 5.32 Å². The summed E-state index contributed by atoms with van der Waals surface area (Å²) in [6.07, 6.45) is -3.01. The normalized spacial score (nSPS) is 30.0. The van der Waals surface area contributed by atoms with Crippen LogP contribution in [0.2, 0.25) is 0 Å². The van der Waals surface area contributed by atoms with Crippen LogP contribution in [-0.4, -0.2) is 26.8 Å². The van der Waals surface area contributed by atoms with Crippen LogP contribution in [0.5, 0.6) is 11.5 Å². The zero-order valence-corrected chi connectivity index (χ0v) is 13.8. The molecule has 0 fully saturated rings. The van der Waals surface area contributed by atoms with Gasteiger partial charge in [0.05, 0.1) is 28.2 Å². The number of benzene rings is 1. The van der Waals surface area contributed by atoms with Crippen LogP contribution in [0.1, 0.15) is 47.3 Å². The van der Waals surface area contributed by atoms with Crippen LogP contribution >= 0.6 is 0 Å². The molecule has 1 N–H and O–H groups in total. The number of rotatable bonds is 5. The number of nitrogens with one attached hydrogen (secondary N) is 1. The lowest BCUT2D eigenvalue weighted by molar-refractivity contribution is -0.160. The predicted molar refractivity (Wildman–Crippen MR) is 94.6 cm³/mol. The number of hydrogen-bond donors (Lipinski definition) is 1. The minimum atomic E-state index is -4.69. The summed E-state index contributed by atoms with van der Waals surface area (Å²) in [4.78, 5) is 0. The minimum Gasteiger partial charge on any atom is -0.493 e. The van der Waals surface area contributed by atoms with Crippen molar-refractivity contribution in [3.8, 4) is 11.5 Å². The van der Waals surface area contributed by atoms with Crippen LogP contribution in [0.4, 0.5) is 13.2 Å². The molecule has 1 aliphatic heterocycles. The van der Waals surface area contributed by atoms with E-state index in [4.69, 9.17) is 20.4 Å². The molecule has 142 valence electrons. The first kappa shape index (κ1) is 11.0. The number of ether oxygens (including phenoxy) is 2. The molecule has 26 heavy (non-hydrogen) atoms. The van der Waals surface area contributed by atoms with Crippen LogP contribution in [0, 0.1) is 5.92 Å². The number of allylic oxidation sites excluding steroid dienone is 4. The minimum absolute atomic E-state index is 0.222. The van der Waals surface area contributed by atoms with Gasteiger partial charge in [0.2, 0.25) is 0 Å². The molecule has 1 aliphatic carbocycles. The largest absolute Gasteiger partial charge is 0.493 e. The molecule has 1 heterocycles. The molecule has 1 aromatic carbocycles. The van der Waals surface area contributed by atoms with Crippen LogP contribution in [0.25, 0.3) is 0 Å². The number of hydrogen-bond acceptors (Lipinski definition) is 3. The molecule has 0 saturated carbocycles. The molecule has 0 amide bonds. The second-order valence-corrected chi connectivity index (χ2v) is 6.26. The van der Waals surface area contributed by atoms with Crippen molar-refractivity contribution in [1.29, 1.82) is 0 Å². The molecule has 0 saturated heterocycles. The molecule has 1 unspecified atom stereocenters. The van der Waals surface area contributed by atoms with Gasteiger partial charge in [0.15, 0.2) is 11.5 Å². The average Bonchev–Trinajstić information content (AvgIpc) is 2.62. The van der Waals surface area contributed by atoms with Crippen LogP contribution in [0.3, 0.4) is 0 Å². The van der Waals surface area contributed by atoms with E-state index in [0.29, 0.717) is 30.5 Å². The summed E-state index contributed by atoms with van der Waals surface area (Å²) >= 11 is 0. The zero-order valence-electron chi connectivity index (χ0n) is 21.8. The zero-order chi connectivity index (χ0) is 25.5. The van der Waals surface area contributed by atoms with E-state index in [-0.39, 0.29) is 24.0 Å². The lowest BCUT2D eigenvalue weighted by atomic mass is 9.88. The number of fused-ring (bicyclic) bond motifs is 1. The Kier molecular flexibility index (Phi) is 3.28.